The summed E-state index contributed by atoms with van der Waals surface area (Å²) in [6.45, 7) is 4.24. The standard InChI is InChI=1S/C20H30N6O2/c1-2-14-11-16(24-23-14)19(28)25-9-6-20(7-10-25)17-15(21-12-22-17)5-8-26(20)18(27)13-3-4-13/h12-14,16,23-24H,2-11H2,1H3,(H,21,22). The number of nitrogens with zero attached hydrogens (tertiary/aromatic N) is 3. The van der Waals surface area contributed by atoms with Crippen LogP contribution in [0.25, 0.3) is 0 Å². The van der Waals surface area contributed by atoms with Crippen LogP contribution in [-0.4, -0.2) is 63.3 Å². The van der Waals surface area contributed by atoms with Gasteiger partial charge in [0.15, 0.2) is 0 Å². The molecule has 28 heavy (non-hydrogen) atoms. The number of hydrogen-bond acceptors (Lipinski definition) is 5. The Balaban J connectivity index is 1.34. The third-order valence-electron chi connectivity index (χ3n) is 7.13. The predicted octanol–water partition coefficient (Wildman–Crippen LogP) is 0.667. The van der Waals surface area contributed by atoms with Crippen LogP contribution in [0.15, 0.2) is 6.33 Å². The minimum Gasteiger partial charge on any atom is -0.348 e. The topological polar surface area (TPSA) is 93.4 Å². The van der Waals surface area contributed by atoms with Gasteiger partial charge in [-0.15, -0.1) is 0 Å². The number of aromatic nitrogens is 2. The van der Waals surface area contributed by atoms with Gasteiger partial charge in [0, 0.05) is 43.7 Å². The van der Waals surface area contributed by atoms with Crippen molar-refractivity contribution in [1.29, 1.82) is 0 Å². The van der Waals surface area contributed by atoms with Crippen LogP contribution >= 0.6 is 0 Å². The van der Waals surface area contributed by atoms with Gasteiger partial charge in [0.25, 0.3) is 0 Å². The molecule has 5 rings (SSSR count). The molecule has 4 heterocycles. The number of aromatic amines is 1. The van der Waals surface area contributed by atoms with E-state index in [0.717, 1.165) is 62.9 Å². The van der Waals surface area contributed by atoms with Gasteiger partial charge in [-0.2, -0.15) is 0 Å². The molecular formula is C20H30N6O2. The summed E-state index contributed by atoms with van der Waals surface area (Å²) < 4.78 is 0. The summed E-state index contributed by atoms with van der Waals surface area (Å²) in [4.78, 5) is 38.0. The lowest BCUT2D eigenvalue weighted by Crippen LogP contribution is -2.60. The van der Waals surface area contributed by atoms with Gasteiger partial charge in [-0.3, -0.25) is 15.0 Å². The quantitative estimate of drug-likeness (QED) is 0.710. The van der Waals surface area contributed by atoms with Crippen LogP contribution in [0.1, 0.15) is 56.8 Å². The number of piperidine rings is 1. The summed E-state index contributed by atoms with van der Waals surface area (Å²) >= 11 is 0. The van der Waals surface area contributed by atoms with Crippen LogP contribution in [0, 0.1) is 5.92 Å². The van der Waals surface area contributed by atoms with E-state index in [0.29, 0.717) is 25.0 Å². The van der Waals surface area contributed by atoms with Gasteiger partial charge in [-0.1, -0.05) is 6.92 Å². The normalized spacial score (nSPS) is 29.2. The molecule has 1 aromatic rings. The van der Waals surface area contributed by atoms with Gasteiger partial charge in [0.1, 0.15) is 6.04 Å². The molecule has 3 aliphatic heterocycles. The van der Waals surface area contributed by atoms with E-state index in [9.17, 15) is 9.59 Å². The Morgan fingerprint density at radius 3 is 2.64 bits per heavy atom. The summed E-state index contributed by atoms with van der Waals surface area (Å²) in [5.74, 6) is 0.675. The highest BCUT2D eigenvalue weighted by molar-refractivity contribution is 5.83. The van der Waals surface area contributed by atoms with Crippen LogP contribution in [0.4, 0.5) is 0 Å². The molecule has 1 aliphatic carbocycles. The molecule has 2 saturated heterocycles. The molecule has 0 radical (unpaired) electrons. The fraction of sp³-hybridized carbons (Fsp3) is 0.750. The molecular weight excluding hydrogens is 356 g/mol. The van der Waals surface area contributed by atoms with Gasteiger partial charge in [0.05, 0.1) is 17.6 Å². The van der Waals surface area contributed by atoms with E-state index in [4.69, 9.17) is 0 Å². The molecule has 1 spiro atoms. The Labute approximate surface area is 165 Å². The van der Waals surface area contributed by atoms with Crippen LogP contribution in [0.5, 0.6) is 0 Å². The number of amides is 2. The van der Waals surface area contributed by atoms with Crippen molar-refractivity contribution in [2.75, 3.05) is 19.6 Å². The first-order valence-electron chi connectivity index (χ1n) is 10.8. The third kappa shape index (κ3) is 2.85. The lowest BCUT2D eigenvalue weighted by Gasteiger charge is -2.50. The number of hydrazine groups is 1. The Hall–Kier alpha value is -1.93. The summed E-state index contributed by atoms with van der Waals surface area (Å²) in [6, 6.07) is 0.220. The van der Waals surface area contributed by atoms with Gasteiger partial charge in [-0.05, 0) is 38.5 Å². The molecule has 2 unspecified atom stereocenters. The van der Waals surface area contributed by atoms with Crippen LogP contribution in [0.3, 0.4) is 0 Å². The summed E-state index contributed by atoms with van der Waals surface area (Å²) in [6.07, 6.45) is 8.03. The van der Waals surface area contributed by atoms with Crippen LogP contribution < -0.4 is 10.9 Å². The summed E-state index contributed by atoms with van der Waals surface area (Å²) in [7, 11) is 0. The van der Waals surface area contributed by atoms with E-state index in [1.165, 1.54) is 0 Å². The molecule has 3 fully saturated rings. The number of H-pyrrole nitrogens is 1. The molecule has 3 N–H and O–H groups in total. The number of carbonyl (C=O) groups excluding carboxylic acids is 2. The maximum absolute atomic E-state index is 13.0. The molecule has 8 heteroatoms. The molecule has 8 nitrogen and oxygen atoms in total. The first-order valence-corrected chi connectivity index (χ1v) is 10.8. The Kier molecular flexibility index (Phi) is 4.43. The maximum Gasteiger partial charge on any atom is 0.241 e. The molecule has 1 saturated carbocycles. The van der Waals surface area contributed by atoms with Crippen molar-refractivity contribution >= 4 is 11.8 Å². The summed E-state index contributed by atoms with van der Waals surface area (Å²) in [5, 5.41) is 0. The van der Waals surface area contributed by atoms with Crippen molar-refractivity contribution in [3.8, 4) is 0 Å². The molecule has 2 amide bonds. The number of nitrogens with one attached hydrogen (secondary N) is 3. The summed E-state index contributed by atoms with van der Waals surface area (Å²) in [5.41, 5.74) is 8.23. The average molecular weight is 387 g/mol. The fourth-order valence-corrected chi connectivity index (χ4v) is 5.23. The molecule has 0 bridgehead atoms. The minimum atomic E-state index is -0.350. The largest absolute Gasteiger partial charge is 0.348 e. The molecule has 0 aromatic carbocycles. The molecule has 2 atom stereocenters. The Morgan fingerprint density at radius 1 is 1.18 bits per heavy atom. The smallest absolute Gasteiger partial charge is 0.241 e. The number of rotatable bonds is 3. The Morgan fingerprint density at radius 2 is 1.96 bits per heavy atom. The van der Waals surface area contributed by atoms with Gasteiger partial charge in [-0.25, -0.2) is 10.4 Å². The van der Waals surface area contributed by atoms with Gasteiger partial charge >= 0.3 is 0 Å². The van der Waals surface area contributed by atoms with Crippen molar-refractivity contribution in [2.45, 2.75) is 69.5 Å². The van der Waals surface area contributed by atoms with Gasteiger partial charge in [0.2, 0.25) is 11.8 Å². The van der Waals surface area contributed by atoms with E-state index in [1.807, 2.05) is 4.90 Å². The van der Waals surface area contributed by atoms with Crippen LogP contribution in [-0.2, 0) is 21.5 Å². The lowest BCUT2D eigenvalue weighted by atomic mass is 9.78. The number of hydrogen-bond donors (Lipinski definition) is 3. The highest BCUT2D eigenvalue weighted by Crippen LogP contribution is 2.45. The number of likely N-dealkylation sites (tertiary alicyclic amines) is 1. The van der Waals surface area contributed by atoms with Crippen molar-refractivity contribution in [3.63, 3.8) is 0 Å². The van der Waals surface area contributed by atoms with Crippen LogP contribution in [0.2, 0.25) is 0 Å². The van der Waals surface area contributed by atoms with E-state index < -0.39 is 0 Å². The molecule has 4 aliphatic rings. The van der Waals surface area contributed by atoms with Crippen molar-refractivity contribution in [2.24, 2.45) is 5.92 Å². The van der Waals surface area contributed by atoms with E-state index in [-0.39, 0.29) is 23.4 Å². The van der Waals surface area contributed by atoms with Crippen molar-refractivity contribution in [3.05, 3.63) is 17.7 Å². The fourth-order valence-electron chi connectivity index (χ4n) is 5.23. The van der Waals surface area contributed by atoms with E-state index in [1.54, 1.807) is 6.33 Å². The zero-order valence-corrected chi connectivity index (χ0v) is 16.5. The zero-order chi connectivity index (χ0) is 19.3. The third-order valence-corrected chi connectivity index (χ3v) is 7.13. The number of carbonyl (C=O) groups is 2. The maximum atomic E-state index is 13.0. The zero-order valence-electron chi connectivity index (χ0n) is 16.5. The Bertz CT molecular complexity index is 765. The molecule has 1 aromatic heterocycles. The second-order valence-electron chi connectivity index (χ2n) is 8.78. The van der Waals surface area contributed by atoms with E-state index >= 15 is 0 Å². The second kappa shape index (κ2) is 6.84. The monoisotopic (exact) mass is 386 g/mol. The van der Waals surface area contributed by atoms with Crippen molar-refractivity contribution < 1.29 is 9.59 Å². The van der Waals surface area contributed by atoms with E-state index in [2.05, 4.69) is 32.6 Å². The van der Waals surface area contributed by atoms with Gasteiger partial charge < -0.3 is 14.8 Å². The average Bonchev–Trinajstić information content (AvgIpc) is 3.26. The highest BCUT2D eigenvalue weighted by atomic mass is 16.2. The minimum absolute atomic E-state index is 0.143. The lowest BCUT2D eigenvalue weighted by molar-refractivity contribution is -0.146. The number of imidazole rings is 1. The first kappa shape index (κ1) is 18.1. The second-order valence-corrected chi connectivity index (χ2v) is 8.78. The predicted molar refractivity (Wildman–Crippen MR) is 103 cm³/mol. The number of fused-ring (bicyclic) bond motifs is 2. The SMILES string of the molecule is CCC1CC(C(=O)N2CCC3(CC2)c2nc[nH]c2CCN3C(=O)C2CC2)NN1. The first-order chi connectivity index (χ1) is 13.6. The van der Waals surface area contributed by atoms with Crippen molar-refractivity contribution in [1.82, 2.24) is 30.6 Å². The molecule has 152 valence electrons. The highest BCUT2D eigenvalue weighted by Gasteiger charge is 2.51.